The molecule has 1 fully saturated rings. The Kier molecular flexibility index (Phi) is 6.17. The number of aliphatic hydroxyl groups excluding tert-OH is 1. The Morgan fingerprint density at radius 3 is 2.36 bits per heavy atom. The molecule has 28 heavy (non-hydrogen) atoms. The monoisotopic (exact) mass is 399 g/mol. The van der Waals surface area contributed by atoms with Gasteiger partial charge in [0.2, 0.25) is 0 Å². The first-order valence-electron chi connectivity index (χ1n) is 9.04. The average molecular weight is 400 g/mol. The normalized spacial score (nSPS) is 18.7. The molecule has 0 radical (unpaired) electrons. The van der Waals surface area contributed by atoms with Crippen LogP contribution in [0.3, 0.4) is 0 Å². The van der Waals surface area contributed by atoms with Gasteiger partial charge in [-0.2, -0.15) is 0 Å². The number of Topliss-reactive ketones (excluding diaryl/α,β-unsaturated/α-hetero) is 1. The molecule has 3 rings (SSSR count). The van der Waals surface area contributed by atoms with E-state index in [4.69, 9.17) is 16.3 Å². The van der Waals surface area contributed by atoms with Crippen LogP contribution in [0.5, 0.6) is 0 Å². The molecule has 0 aromatic heterocycles. The Bertz CT molecular complexity index is 903. The maximum Gasteiger partial charge on any atom is 0.295 e. The lowest BCUT2D eigenvalue weighted by molar-refractivity contribution is -0.140. The third-order valence-corrected chi connectivity index (χ3v) is 5.05. The number of hydrogen-bond acceptors (Lipinski definition) is 4. The summed E-state index contributed by atoms with van der Waals surface area (Å²) in [7, 11) is 1.59. The summed E-state index contributed by atoms with van der Waals surface area (Å²) in [5.74, 6) is -1.50. The standard InChI is InChI=1S/C22H22ClNO4/c1-14-4-6-15(7-5-14)19-18(20(25)16-8-10-17(23)11-9-16)21(26)22(27)24(19)12-3-13-28-2/h4-11,19,25H,3,12-13H2,1-2H3/t19-/m0/s1. The van der Waals surface area contributed by atoms with Crippen molar-refractivity contribution in [3.8, 4) is 0 Å². The lowest BCUT2D eigenvalue weighted by atomic mass is 9.94. The van der Waals surface area contributed by atoms with Gasteiger partial charge < -0.3 is 14.7 Å². The molecule has 5 nitrogen and oxygen atoms in total. The maximum atomic E-state index is 12.8. The molecule has 1 atom stereocenters. The van der Waals surface area contributed by atoms with Gasteiger partial charge in [0.1, 0.15) is 5.76 Å². The lowest BCUT2D eigenvalue weighted by Gasteiger charge is -2.25. The van der Waals surface area contributed by atoms with Gasteiger partial charge in [-0.25, -0.2) is 0 Å². The molecule has 1 heterocycles. The third-order valence-electron chi connectivity index (χ3n) is 4.80. The molecule has 0 bridgehead atoms. The number of halogens is 1. The summed E-state index contributed by atoms with van der Waals surface area (Å²) in [6.45, 7) is 2.79. The van der Waals surface area contributed by atoms with E-state index in [2.05, 4.69) is 0 Å². The molecule has 0 spiro atoms. The molecule has 1 amide bonds. The highest BCUT2D eigenvalue weighted by Crippen LogP contribution is 2.39. The SMILES string of the molecule is COCCCN1C(=O)C(=O)C(=C(O)c2ccc(Cl)cc2)[C@@H]1c1ccc(C)cc1. The van der Waals surface area contributed by atoms with Crippen LogP contribution < -0.4 is 0 Å². The first-order valence-corrected chi connectivity index (χ1v) is 9.41. The molecular weight excluding hydrogens is 378 g/mol. The van der Waals surface area contributed by atoms with Crippen LogP contribution in [0.15, 0.2) is 54.1 Å². The van der Waals surface area contributed by atoms with Crippen molar-refractivity contribution >= 4 is 29.1 Å². The van der Waals surface area contributed by atoms with Crippen molar-refractivity contribution in [2.75, 3.05) is 20.3 Å². The van der Waals surface area contributed by atoms with E-state index >= 15 is 0 Å². The summed E-state index contributed by atoms with van der Waals surface area (Å²) < 4.78 is 5.08. The number of carbonyl (C=O) groups excluding carboxylic acids is 2. The van der Waals surface area contributed by atoms with Gasteiger partial charge in [-0.15, -0.1) is 0 Å². The summed E-state index contributed by atoms with van der Waals surface area (Å²) in [6.07, 6.45) is 0.590. The smallest absolute Gasteiger partial charge is 0.295 e. The number of likely N-dealkylation sites (tertiary alicyclic amines) is 1. The number of nitrogens with zero attached hydrogens (tertiary/aromatic N) is 1. The van der Waals surface area contributed by atoms with Gasteiger partial charge in [0, 0.05) is 30.8 Å². The predicted octanol–water partition coefficient (Wildman–Crippen LogP) is 4.11. The van der Waals surface area contributed by atoms with Crippen LogP contribution >= 0.6 is 11.6 Å². The van der Waals surface area contributed by atoms with E-state index < -0.39 is 17.7 Å². The molecule has 0 saturated carbocycles. The molecule has 6 heteroatoms. The minimum Gasteiger partial charge on any atom is -0.507 e. The second-order valence-corrected chi connectivity index (χ2v) is 7.19. The van der Waals surface area contributed by atoms with Gasteiger partial charge >= 0.3 is 0 Å². The van der Waals surface area contributed by atoms with E-state index in [1.165, 1.54) is 4.90 Å². The van der Waals surface area contributed by atoms with Crippen molar-refractivity contribution in [2.45, 2.75) is 19.4 Å². The first-order chi connectivity index (χ1) is 13.4. The molecule has 1 aliphatic heterocycles. The van der Waals surface area contributed by atoms with Gasteiger partial charge in [-0.05, 0) is 43.2 Å². The highest BCUT2D eigenvalue weighted by atomic mass is 35.5. The molecular formula is C22H22ClNO4. The molecule has 1 aliphatic rings. The number of amides is 1. The number of ether oxygens (including phenoxy) is 1. The van der Waals surface area contributed by atoms with Crippen LogP contribution in [0.2, 0.25) is 5.02 Å². The van der Waals surface area contributed by atoms with Gasteiger partial charge in [0.15, 0.2) is 0 Å². The Labute approximate surface area is 169 Å². The van der Waals surface area contributed by atoms with E-state index in [1.807, 2.05) is 31.2 Å². The Morgan fingerprint density at radius 1 is 1.11 bits per heavy atom. The fourth-order valence-corrected chi connectivity index (χ4v) is 3.47. The van der Waals surface area contributed by atoms with E-state index in [9.17, 15) is 14.7 Å². The van der Waals surface area contributed by atoms with Crippen LogP contribution in [-0.4, -0.2) is 42.0 Å². The van der Waals surface area contributed by atoms with E-state index in [1.54, 1.807) is 31.4 Å². The fraction of sp³-hybridized carbons (Fsp3) is 0.273. The van der Waals surface area contributed by atoms with Gasteiger partial charge in [-0.1, -0.05) is 41.4 Å². The summed E-state index contributed by atoms with van der Waals surface area (Å²) in [5, 5.41) is 11.4. The van der Waals surface area contributed by atoms with E-state index in [-0.39, 0.29) is 11.3 Å². The van der Waals surface area contributed by atoms with Crippen LogP contribution in [0.1, 0.15) is 29.2 Å². The zero-order valence-corrected chi connectivity index (χ0v) is 16.6. The molecule has 2 aromatic rings. The number of aliphatic hydroxyl groups is 1. The van der Waals surface area contributed by atoms with Crippen LogP contribution in [0.25, 0.3) is 5.76 Å². The summed E-state index contributed by atoms with van der Waals surface area (Å²) in [5.41, 5.74) is 2.38. The maximum absolute atomic E-state index is 12.8. The lowest BCUT2D eigenvalue weighted by Crippen LogP contribution is -2.31. The van der Waals surface area contributed by atoms with Crippen LogP contribution in [-0.2, 0) is 14.3 Å². The van der Waals surface area contributed by atoms with Gasteiger partial charge in [0.25, 0.3) is 11.7 Å². The summed E-state index contributed by atoms with van der Waals surface area (Å²) in [4.78, 5) is 27.0. The van der Waals surface area contributed by atoms with Crippen LogP contribution in [0, 0.1) is 6.92 Å². The molecule has 0 unspecified atom stereocenters. The minimum atomic E-state index is -0.685. The predicted molar refractivity (Wildman–Crippen MR) is 108 cm³/mol. The number of methoxy groups -OCH3 is 1. The van der Waals surface area contributed by atoms with Crippen molar-refractivity contribution in [1.29, 1.82) is 0 Å². The zero-order valence-electron chi connectivity index (χ0n) is 15.8. The summed E-state index contributed by atoms with van der Waals surface area (Å²) >= 11 is 5.92. The van der Waals surface area contributed by atoms with Crippen molar-refractivity contribution < 1.29 is 19.4 Å². The van der Waals surface area contributed by atoms with E-state index in [0.29, 0.717) is 30.2 Å². The van der Waals surface area contributed by atoms with Crippen molar-refractivity contribution in [3.63, 3.8) is 0 Å². The summed E-state index contributed by atoms with van der Waals surface area (Å²) in [6, 6.07) is 13.5. The minimum absolute atomic E-state index is 0.0913. The first kappa shape index (κ1) is 20.1. The number of hydrogen-bond donors (Lipinski definition) is 1. The Hall–Kier alpha value is -2.63. The number of rotatable bonds is 6. The second-order valence-electron chi connectivity index (χ2n) is 6.76. The van der Waals surface area contributed by atoms with Gasteiger partial charge in [-0.3, -0.25) is 9.59 Å². The fourth-order valence-electron chi connectivity index (χ4n) is 3.35. The zero-order chi connectivity index (χ0) is 20.3. The van der Waals surface area contributed by atoms with Crippen molar-refractivity contribution in [3.05, 3.63) is 75.8 Å². The highest BCUT2D eigenvalue weighted by molar-refractivity contribution is 6.46. The van der Waals surface area contributed by atoms with Gasteiger partial charge in [0.05, 0.1) is 11.6 Å². The number of benzene rings is 2. The molecule has 1 saturated heterocycles. The number of ketones is 1. The largest absolute Gasteiger partial charge is 0.507 e. The van der Waals surface area contributed by atoms with Crippen molar-refractivity contribution in [1.82, 2.24) is 4.90 Å². The highest BCUT2D eigenvalue weighted by Gasteiger charge is 2.45. The molecule has 146 valence electrons. The van der Waals surface area contributed by atoms with Crippen molar-refractivity contribution in [2.24, 2.45) is 0 Å². The topological polar surface area (TPSA) is 66.8 Å². The number of carbonyl (C=O) groups is 2. The number of aryl methyl sites for hydroxylation is 1. The third kappa shape index (κ3) is 3.96. The Morgan fingerprint density at radius 2 is 1.75 bits per heavy atom. The molecule has 1 N–H and O–H groups in total. The quantitative estimate of drug-likeness (QED) is 0.343. The molecule has 0 aliphatic carbocycles. The van der Waals surface area contributed by atoms with E-state index in [0.717, 1.165) is 11.1 Å². The average Bonchev–Trinajstić information content (AvgIpc) is 2.94. The Balaban J connectivity index is 2.10. The van der Waals surface area contributed by atoms with Crippen LogP contribution in [0.4, 0.5) is 0 Å². The molecule has 2 aromatic carbocycles. The second kappa shape index (κ2) is 8.59.